The summed E-state index contributed by atoms with van der Waals surface area (Å²) >= 11 is 0. The molecule has 1 aromatic rings. The fraction of sp³-hybridized carbons (Fsp3) is 0.500. The number of carbonyl (C=O) groups excluding carboxylic acids is 1. The maximum absolute atomic E-state index is 13.6. The average molecular weight is 309 g/mol. The van der Waals surface area contributed by atoms with Crippen LogP contribution in [0, 0.1) is 11.7 Å². The van der Waals surface area contributed by atoms with E-state index in [9.17, 15) is 19.1 Å². The molecular weight excluding hydrogens is 289 g/mol. The van der Waals surface area contributed by atoms with Crippen molar-refractivity contribution in [1.82, 2.24) is 4.90 Å². The van der Waals surface area contributed by atoms with Crippen LogP contribution in [0.2, 0.25) is 0 Å². The first-order chi connectivity index (χ1) is 10.4. The van der Waals surface area contributed by atoms with E-state index in [1.165, 1.54) is 30.0 Å². The standard InChI is InChI=1S/C16H20FNO4/c1-10-7-8-18(13(9-10)16(20)21)15(19)11(2)22-14-6-4-3-5-12(14)17/h3-6,10-11,13H,7-9H2,1-2H3,(H,20,21). The summed E-state index contributed by atoms with van der Waals surface area (Å²) in [7, 11) is 0. The Balaban J connectivity index is 2.09. The molecule has 0 radical (unpaired) electrons. The third-order valence-electron chi connectivity index (χ3n) is 3.92. The van der Waals surface area contributed by atoms with Crippen LogP contribution in [0.4, 0.5) is 4.39 Å². The summed E-state index contributed by atoms with van der Waals surface area (Å²) in [6.45, 7) is 3.85. The predicted octanol–water partition coefficient (Wildman–Crippen LogP) is 2.30. The van der Waals surface area contributed by atoms with Gasteiger partial charge >= 0.3 is 5.97 Å². The molecule has 1 saturated heterocycles. The number of amides is 1. The van der Waals surface area contributed by atoms with Crippen LogP contribution in [0.1, 0.15) is 26.7 Å². The maximum atomic E-state index is 13.6. The molecule has 1 amide bonds. The molecule has 2 rings (SSSR count). The van der Waals surface area contributed by atoms with Gasteiger partial charge in [0.05, 0.1) is 0 Å². The molecule has 1 N–H and O–H groups in total. The number of benzene rings is 1. The first-order valence-electron chi connectivity index (χ1n) is 7.34. The normalized spacial score (nSPS) is 23.0. The van der Waals surface area contributed by atoms with Crippen LogP contribution in [0.25, 0.3) is 0 Å². The molecular formula is C16H20FNO4. The highest BCUT2D eigenvalue weighted by Crippen LogP contribution is 2.24. The van der Waals surface area contributed by atoms with Gasteiger partial charge in [-0.2, -0.15) is 0 Å². The Morgan fingerprint density at radius 1 is 1.41 bits per heavy atom. The highest BCUT2D eigenvalue weighted by atomic mass is 19.1. The summed E-state index contributed by atoms with van der Waals surface area (Å²) in [6.07, 6.45) is 0.238. The number of para-hydroxylation sites is 1. The van der Waals surface area contributed by atoms with Crippen LogP contribution in [-0.4, -0.2) is 40.6 Å². The van der Waals surface area contributed by atoms with Gasteiger partial charge in [-0.15, -0.1) is 0 Å². The number of carbonyl (C=O) groups is 2. The van der Waals surface area contributed by atoms with Gasteiger partial charge in [0, 0.05) is 6.54 Å². The lowest BCUT2D eigenvalue weighted by molar-refractivity contribution is -0.156. The molecule has 6 heteroatoms. The van der Waals surface area contributed by atoms with Gasteiger partial charge in [0.1, 0.15) is 6.04 Å². The summed E-state index contributed by atoms with van der Waals surface area (Å²) < 4.78 is 18.9. The van der Waals surface area contributed by atoms with Gasteiger partial charge in [0.25, 0.3) is 5.91 Å². The second kappa shape index (κ2) is 6.77. The van der Waals surface area contributed by atoms with Gasteiger partial charge < -0.3 is 14.7 Å². The zero-order chi connectivity index (χ0) is 16.3. The van der Waals surface area contributed by atoms with Crippen molar-refractivity contribution in [3.05, 3.63) is 30.1 Å². The molecule has 0 aliphatic carbocycles. The molecule has 1 heterocycles. The summed E-state index contributed by atoms with van der Waals surface area (Å²) in [6, 6.07) is 4.98. The molecule has 3 unspecified atom stereocenters. The van der Waals surface area contributed by atoms with Gasteiger partial charge in [-0.1, -0.05) is 19.1 Å². The smallest absolute Gasteiger partial charge is 0.326 e. The molecule has 3 atom stereocenters. The fourth-order valence-corrected chi connectivity index (χ4v) is 2.65. The van der Waals surface area contributed by atoms with Gasteiger partial charge in [-0.25, -0.2) is 9.18 Å². The summed E-state index contributed by atoms with van der Waals surface area (Å²) in [5, 5.41) is 9.30. The Labute approximate surface area is 128 Å². The zero-order valence-electron chi connectivity index (χ0n) is 12.7. The molecule has 1 aromatic carbocycles. The molecule has 5 nitrogen and oxygen atoms in total. The van der Waals surface area contributed by atoms with Crippen LogP contribution in [0.3, 0.4) is 0 Å². The van der Waals surface area contributed by atoms with E-state index in [-0.39, 0.29) is 11.7 Å². The Kier molecular flexibility index (Phi) is 5.00. The molecule has 1 fully saturated rings. The lowest BCUT2D eigenvalue weighted by atomic mass is 9.92. The molecule has 0 saturated carbocycles. The van der Waals surface area contributed by atoms with Crippen molar-refractivity contribution in [3.63, 3.8) is 0 Å². The maximum Gasteiger partial charge on any atom is 0.326 e. The highest BCUT2D eigenvalue weighted by Gasteiger charge is 2.37. The average Bonchev–Trinajstić information content (AvgIpc) is 2.48. The van der Waals surface area contributed by atoms with Gasteiger partial charge in [0.2, 0.25) is 0 Å². The minimum Gasteiger partial charge on any atom is -0.480 e. The monoisotopic (exact) mass is 309 g/mol. The number of aliphatic carboxylic acids is 1. The van der Waals surface area contributed by atoms with E-state index < -0.39 is 29.8 Å². The van der Waals surface area contributed by atoms with E-state index in [0.717, 1.165) is 6.42 Å². The number of rotatable bonds is 4. The Hall–Kier alpha value is -2.11. The topological polar surface area (TPSA) is 66.8 Å². The van der Waals surface area contributed by atoms with Crippen molar-refractivity contribution in [3.8, 4) is 5.75 Å². The lowest BCUT2D eigenvalue weighted by Crippen LogP contribution is -2.53. The second-order valence-electron chi connectivity index (χ2n) is 5.71. The van der Waals surface area contributed by atoms with Crippen LogP contribution in [0.5, 0.6) is 5.75 Å². The summed E-state index contributed by atoms with van der Waals surface area (Å²) in [5.41, 5.74) is 0. The number of nitrogens with zero attached hydrogens (tertiary/aromatic N) is 1. The third kappa shape index (κ3) is 3.55. The van der Waals surface area contributed by atoms with Crippen molar-refractivity contribution in [2.75, 3.05) is 6.54 Å². The quantitative estimate of drug-likeness (QED) is 0.927. The number of likely N-dealkylation sites (tertiary alicyclic amines) is 1. The minimum absolute atomic E-state index is 0.0133. The van der Waals surface area contributed by atoms with E-state index in [1.54, 1.807) is 6.07 Å². The largest absolute Gasteiger partial charge is 0.480 e. The lowest BCUT2D eigenvalue weighted by Gasteiger charge is -2.37. The van der Waals surface area contributed by atoms with Crippen molar-refractivity contribution < 1.29 is 23.8 Å². The predicted molar refractivity (Wildman–Crippen MR) is 78.0 cm³/mol. The van der Waals surface area contributed by atoms with Crippen LogP contribution in [-0.2, 0) is 9.59 Å². The van der Waals surface area contributed by atoms with E-state index in [4.69, 9.17) is 4.74 Å². The van der Waals surface area contributed by atoms with E-state index in [1.807, 2.05) is 6.92 Å². The molecule has 0 spiro atoms. The number of piperidine rings is 1. The second-order valence-corrected chi connectivity index (χ2v) is 5.71. The first-order valence-corrected chi connectivity index (χ1v) is 7.34. The van der Waals surface area contributed by atoms with Crippen molar-refractivity contribution in [1.29, 1.82) is 0 Å². The number of carboxylic acids is 1. The van der Waals surface area contributed by atoms with Crippen molar-refractivity contribution >= 4 is 11.9 Å². The highest BCUT2D eigenvalue weighted by molar-refractivity contribution is 5.86. The molecule has 120 valence electrons. The first kappa shape index (κ1) is 16.3. The Bertz CT molecular complexity index is 563. The van der Waals surface area contributed by atoms with Crippen LogP contribution in [0.15, 0.2) is 24.3 Å². The Morgan fingerprint density at radius 2 is 2.09 bits per heavy atom. The Morgan fingerprint density at radius 3 is 2.73 bits per heavy atom. The fourth-order valence-electron chi connectivity index (χ4n) is 2.65. The molecule has 0 bridgehead atoms. The number of carboxylic acid groups (broad SMARTS) is 1. The molecule has 1 aliphatic rings. The zero-order valence-corrected chi connectivity index (χ0v) is 12.7. The summed E-state index contributed by atoms with van der Waals surface area (Å²) in [5.74, 6) is -1.75. The van der Waals surface area contributed by atoms with Crippen LogP contribution < -0.4 is 4.74 Å². The number of ether oxygens (including phenoxy) is 1. The number of halogens is 1. The van der Waals surface area contributed by atoms with Crippen LogP contribution >= 0.6 is 0 Å². The SMILES string of the molecule is CC1CCN(C(=O)C(C)Oc2ccccc2F)C(C(=O)O)C1. The summed E-state index contributed by atoms with van der Waals surface area (Å²) in [4.78, 5) is 25.1. The van der Waals surface area contributed by atoms with Gasteiger partial charge in [-0.3, -0.25) is 4.79 Å². The van der Waals surface area contributed by atoms with Crippen molar-refractivity contribution in [2.45, 2.75) is 38.8 Å². The molecule has 0 aromatic heterocycles. The van der Waals surface area contributed by atoms with E-state index in [2.05, 4.69) is 0 Å². The minimum atomic E-state index is -1.02. The number of hydrogen-bond donors (Lipinski definition) is 1. The van der Waals surface area contributed by atoms with Gasteiger partial charge in [-0.05, 0) is 37.8 Å². The molecule has 22 heavy (non-hydrogen) atoms. The molecule has 1 aliphatic heterocycles. The van der Waals surface area contributed by atoms with Crippen molar-refractivity contribution in [2.24, 2.45) is 5.92 Å². The number of hydrogen-bond acceptors (Lipinski definition) is 3. The third-order valence-corrected chi connectivity index (χ3v) is 3.92. The van der Waals surface area contributed by atoms with E-state index in [0.29, 0.717) is 13.0 Å². The van der Waals surface area contributed by atoms with Gasteiger partial charge in [0.15, 0.2) is 17.7 Å². The van der Waals surface area contributed by atoms with E-state index >= 15 is 0 Å².